The standard InChI is InChI=1S/C13H30N.ClH.Na.H/c1-5-6-7-8-9-10-11-12-13-14(2,3)4;;;/h5-13H2,1-4H3;1H;;/q+1;;;/p-1. The first-order chi connectivity index (χ1) is 6.56. The Bertz CT molecular complexity index is 124. The number of halogens is 1. The maximum absolute atomic E-state index is 2.28. The van der Waals surface area contributed by atoms with E-state index in [2.05, 4.69) is 28.1 Å². The molecule has 0 aromatic carbocycles. The molecule has 96 valence electrons. The molecule has 0 spiro atoms. The summed E-state index contributed by atoms with van der Waals surface area (Å²) < 4.78 is 1.12. The van der Waals surface area contributed by atoms with Gasteiger partial charge in [0.05, 0.1) is 27.7 Å². The molecule has 0 unspecified atom stereocenters. The van der Waals surface area contributed by atoms with E-state index in [0.29, 0.717) is 0 Å². The molecule has 0 aliphatic carbocycles. The number of rotatable bonds is 9. The van der Waals surface area contributed by atoms with E-state index in [4.69, 9.17) is 0 Å². The van der Waals surface area contributed by atoms with Crippen molar-refractivity contribution in [3.8, 4) is 0 Å². The van der Waals surface area contributed by atoms with Crippen molar-refractivity contribution in [1.82, 2.24) is 0 Å². The third kappa shape index (κ3) is 20.6. The second-order valence-corrected chi connectivity index (χ2v) is 5.49. The van der Waals surface area contributed by atoms with Crippen molar-refractivity contribution in [2.45, 2.75) is 58.3 Å². The Morgan fingerprint density at radius 2 is 1.06 bits per heavy atom. The van der Waals surface area contributed by atoms with E-state index in [-0.39, 0.29) is 42.0 Å². The SMILES string of the molecule is CCCCCCCCCC[N+](C)(C)C.[Cl-].[NaH]. The van der Waals surface area contributed by atoms with Crippen molar-refractivity contribution in [2.75, 3.05) is 27.7 Å². The number of unbranched alkanes of at least 4 members (excludes halogenated alkanes) is 7. The van der Waals surface area contributed by atoms with Gasteiger partial charge in [-0.1, -0.05) is 45.4 Å². The Kier molecular flexibility index (Phi) is 20.1. The molecule has 16 heavy (non-hydrogen) atoms. The summed E-state index contributed by atoms with van der Waals surface area (Å²) in [6.45, 7) is 3.61. The molecule has 0 radical (unpaired) electrons. The summed E-state index contributed by atoms with van der Waals surface area (Å²) in [5.41, 5.74) is 0. The van der Waals surface area contributed by atoms with Crippen LogP contribution in [0.1, 0.15) is 58.3 Å². The van der Waals surface area contributed by atoms with Gasteiger partial charge in [-0.25, -0.2) is 0 Å². The van der Waals surface area contributed by atoms with Crippen molar-refractivity contribution >= 4 is 29.6 Å². The minimum absolute atomic E-state index is 0. The van der Waals surface area contributed by atoms with Crippen LogP contribution in [0, 0.1) is 0 Å². The molecule has 0 fully saturated rings. The van der Waals surface area contributed by atoms with Crippen molar-refractivity contribution in [3.63, 3.8) is 0 Å². The fourth-order valence-electron chi connectivity index (χ4n) is 1.72. The molecule has 1 nitrogen and oxygen atoms in total. The minimum atomic E-state index is 0. The summed E-state index contributed by atoms with van der Waals surface area (Å²) in [4.78, 5) is 0. The van der Waals surface area contributed by atoms with Gasteiger partial charge >= 0.3 is 29.6 Å². The van der Waals surface area contributed by atoms with Crippen molar-refractivity contribution in [2.24, 2.45) is 0 Å². The van der Waals surface area contributed by atoms with Crippen molar-refractivity contribution in [1.29, 1.82) is 0 Å². The molecule has 0 saturated carbocycles. The van der Waals surface area contributed by atoms with Gasteiger partial charge in [-0.05, 0) is 12.8 Å². The molecule has 3 heteroatoms. The molecular formula is C13H31ClNNa. The number of nitrogens with zero attached hydrogens (tertiary/aromatic N) is 1. The van der Waals surface area contributed by atoms with Crippen molar-refractivity contribution < 1.29 is 16.9 Å². The van der Waals surface area contributed by atoms with E-state index in [0.717, 1.165) is 4.48 Å². The normalized spacial score (nSPS) is 10.5. The summed E-state index contributed by atoms with van der Waals surface area (Å²) >= 11 is 0. The Labute approximate surface area is 132 Å². The molecule has 0 bridgehead atoms. The molecule has 0 amide bonds. The number of hydrogen-bond acceptors (Lipinski definition) is 0. The molecule has 0 aromatic heterocycles. The van der Waals surface area contributed by atoms with Crippen LogP contribution in [0.25, 0.3) is 0 Å². The Balaban J connectivity index is -0.000000845. The molecule has 0 rings (SSSR count). The second kappa shape index (κ2) is 14.3. The molecular weight excluding hydrogens is 229 g/mol. The second-order valence-electron chi connectivity index (χ2n) is 5.49. The van der Waals surface area contributed by atoms with Crippen LogP contribution in [0.2, 0.25) is 0 Å². The average molecular weight is 260 g/mol. The summed E-state index contributed by atoms with van der Waals surface area (Å²) in [5.74, 6) is 0. The molecule has 0 aromatic rings. The van der Waals surface area contributed by atoms with E-state index < -0.39 is 0 Å². The van der Waals surface area contributed by atoms with Crippen molar-refractivity contribution in [3.05, 3.63) is 0 Å². The maximum atomic E-state index is 2.28. The predicted molar refractivity (Wildman–Crippen MR) is 72.7 cm³/mol. The Morgan fingerprint density at radius 1 is 0.688 bits per heavy atom. The fourth-order valence-corrected chi connectivity index (χ4v) is 1.72. The first kappa shape index (κ1) is 22.4. The molecule has 0 atom stereocenters. The van der Waals surface area contributed by atoms with Gasteiger partial charge in [0.1, 0.15) is 0 Å². The average Bonchev–Trinajstić information content (AvgIpc) is 2.08. The van der Waals surface area contributed by atoms with Crippen LogP contribution in [0.15, 0.2) is 0 Å². The van der Waals surface area contributed by atoms with Gasteiger partial charge in [0, 0.05) is 0 Å². The van der Waals surface area contributed by atoms with Gasteiger partial charge in [-0.3, -0.25) is 0 Å². The van der Waals surface area contributed by atoms with Crippen LogP contribution < -0.4 is 12.4 Å². The fraction of sp³-hybridized carbons (Fsp3) is 1.00. The van der Waals surface area contributed by atoms with E-state index in [1.807, 2.05) is 0 Å². The zero-order valence-electron chi connectivity index (χ0n) is 11.2. The van der Waals surface area contributed by atoms with Crippen LogP contribution in [0.5, 0.6) is 0 Å². The van der Waals surface area contributed by atoms with Crippen LogP contribution >= 0.6 is 0 Å². The quantitative estimate of drug-likeness (QED) is 0.315. The summed E-state index contributed by atoms with van der Waals surface area (Å²) in [7, 11) is 6.84. The third-order valence-electron chi connectivity index (χ3n) is 2.68. The predicted octanol–water partition coefficient (Wildman–Crippen LogP) is 0.189. The van der Waals surface area contributed by atoms with Gasteiger partial charge in [-0.2, -0.15) is 0 Å². The summed E-state index contributed by atoms with van der Waals surface area (Å²) in [5, 5.41) is 0. The van der Waals surface area contributed by atoms with Gasteiger partial charge in [0.15, 0.2) is 0 Å². The number of hydrogen-bond donors (Lipinski definition) is 0. The van der Waals surface area contributed by atoms with Crippen LogP contribution in [-0.2, 0) is 0 Å². The zero-order valence-corrected chi connectivity index (χ0v) is 11.9. The molecule has 0 aliphatic rings. The zero-order chi connectivity index (χ0) is 10.9. The van der Waals surface area contributed by atoms with E-state index in [1.165, 1.54) is 57.9 Å². The topological polar surface area (TPSA) is 0 Å². The van der Waals surface area contributed by atoms with Gasteiger partial charge < -0.3 is 16.9 Å². The van der Waals surface area contributed by atoms with Crippen LogP contribution in [0.4, 0.5) is 0 Å². The summed E-state index contributed by atoms with van der Waals surface area (Å²) in [6.07, 6.45) is 11.4. The molecule has 0 saturated heterocycles. The Hall–Kier alpha value is 1.25. The molecule has 0 N–H and O–H groups in total. The first-order valence-electron chi connectivity index (χ1n) is 6.36. The molecule has 0 heterocycles. The van der Waals surface area contributed by atoms with E-state index in [9.17, 15) is 0 Å². The van der Waals surface area contributed by atoms with E-state index in [1.54, 1.807) is 0 Å². The van der Waals surface area contributed by atoms with Gasteiger partial charge in [0.25, 0.3) is 0 Å². The monoisotopic (exact) mass is 259 g/mol. The first-order valence-corrected chi connectivity index (χ1v) is 6.36. The summed E-state index contributed by atoms with van der Waals surface area (Å²) in [6, 6.07) is 0. The van der Waals surface area contributed by atoms with Crippen LogP contribution in [0.3, 0.4) is 0 Å². The third-order valence-corrected chi connectivity index (χ3v) is 2.68. The molecule has 0 aliphatic heterocycles. The van der Waals surface area contributed by atoms with Gasteiger partial charge in [-0.15, -0.1) is 0 Å². The van der Waals surface area contributed by atoms with E-state index >= 15 is 0 Å². The number of quaternary nitrogens is 1. The Morgan fingerprint density at radius 3 is 1.44 bits per heavy atom. The van der Waals surface area contributed by atoms with Crippen LogP contribution in [-0.4, -0.2) is 61.7 Å². The van der Waals surface area contributed by atoms with Gasteiger partial charge in [0.2, 0.25) is 0 Å².